The number of hydrogen-bond acceptors (Lipinski definition) is 9. The second-order valence-corrected chi connectivity index (χ2v) is 38.6. The molecule has 0 aliphatic carbocycles. The Bertz CT molecular complexity index is 5130. The fourth-order valence-corrected chi connectivity index (χ4v) is 18.7. The zero-order valence-corrected chi connectivity index (χ0v) is 85.3. The van der Waals surface area contributed by atoms with Crippen molar-refractivity contribution in [3.8, 4) is 44.5 Å². The Balaban J connectivity index is 0.000000193. The van der Waals surface area contributed by atoms with Gasteiger partial charge in [0.05, 0.1) is 12.5 Å². The van der Waals surface area contributed by atoms with Crippen LogP contribution in [0.4, 0.5) is 4.79 Å². The molecule has 4 fully saturated rings. The summed E-state index contributed by atoms with van der Waals surface area (Å²) in [5.41, 5.74) is 12.5. The first-order valence-corrected chi connectivity index (χ1v) is 51.5. The van der Waals surface area contributed by atoms with E-state index in [-0.39, 0.29) is 57.3 Å². The Morgan fingerprint density at radius 1 is 0.368 bits per heavy atom. The van der Waals surface area contributed by atoms with Gasteiger partial charge in [0, 0.05) is 116 Å². The Hall–Kier alpha value is -11.5. The maximum absolute atomic E-state index is 12.4. The van der Waals surface area contributed by atoms with E-state index >= 15 is 0 Å². The minimum Gasteiger partial charge on any atom is -0.445 e. The average molecular weight is 2000 g/mol. The molecular weight excluding hydrogens is 1870 g/mol. The van der Waals surface area contributed by atoms with Gasteiger partial charge in [-0.15, -0.1) is 0 Å². The zero-order chi connectivity index (χ0) is 95.6. The van der Waals surface area contributed by atoms with E-state index in [0.29, 0.717) is 49.8 Å². The number of carbonyl (C=O) groups is 1. The molecule has 1 amide bonds. The number of ether oxygens (including phenoxy) is 1. The molecule has 0 radical (unpaired) electrons. The average Bonchev–Trinajstić information content (AvgIpc) is 0.790. The molecule has 18 heteroatoms. The van der Waals surface area contributed by atoms with Crippen molar-refractivity contribution in [2.75, 3.05) is 71.5 Å². The van der Waals surface area contributed by atoms with Crippen LogP contribution >= 0.6 is 23.2 Å². The van der Waals surface area contributed by atoms with E-state index in [1.54, 1.807) is 19.6 Å². The van der Waals surface area contributed by atoms with Gasteiger partial charge in [0.1, 0.15) is 6.61 Å². The number of hydrogen-bond donors (Lipinski definition) is 1. The van der Waals surface area contributed by atoms with Gasteiger partial charge in [-0.3, -0.25) is 9.80 Å². The molecule has 2 unspecified atom stereocenters. The van der Waals surface area contributed by atoms with Gasteiger partial charge < -0.3 is 15.0 Å². The molecule has 4 atom stereocenters. The molecule has 0 saturated carbocycles. The maximum atomic E-state index is 12.4. The van der Waals surface area contributed by atoms with Gasteiger partial charge in [-0.25, -0.2) is 21.6 Å². The number of halogens is 2. The van der Waals surface area contributed by atoms with E-state index in [4.69, 9.17) is 27.9 Å². The number of rotatable bonds is 14. The van der Waals surface area contributed by atoms with Crippen LogP contribution in [0.2, 0.25) is 10.0 Å². The number of nitrogens with zero attached hydrogens (tertiary/aromatic N) is 5. The molecule has 19 rings (SSSR count). The van der Waals surface area contributed by atoms with Gasteiger partial charge in [-0.2, -0.15) is 154 Å². The third-order valence-corrected chi connectivity index (χ3v) is 26.4. The molecule has 1 N–H and O–H groups in total. The summed E-state index contributed by atoms with van der Waals surface area (Å²) in [6, 6.07) is 160. The summed E-state index contributed by atoms with van der Waals surface area (Å²) in [6.07, 6.45) is 9.40. The molecule has 710 valence electrons. The van der Waals surface area contributed by atoms with Crippen LogP contribution in [0.25, 0.3) is 44.5 Å². The van der Waals surface area contributed by atoms with Crippen LogP contribution in [0.15, 0.2) is 455 Å². The monoisotopic (exact) mass is 1990 g/mol. The summed E-state index contributed by atoms with van der Waals surface area (Å²) in [4.78, 5) is 18.9. The number of nitrogens with one attached hydrogen (secondary N) is 1. The zero-order valence-electron chi connectivity index (χ0n) is 78.6. The van der Waals surface area contributed by atoms with Crippen LogP contribution in [0, 0.1) is 24.3 Å². The number of amides is 1. The first-order chi connectivity index (χ1) is 65.8. The first kappa shape index (κ1) is 110. The van der Waals surface area contributed by atoms with Gasteiger partial charge in [0.15, 0.2) is 0 Å². The fourth-order valence-electron chi connectivity index (χ4n) is 15.7. The molecule has 4 aliphatic rings. The maximum Gasteiger partial charge on any atom is 0.410 e. The molecule has 136 heavy (non-hydrogen) atoms. The molecule has 15 aromatic rings. The minimum atomic E-state index is -3.28. The topological polar surface area (TPSA) is 123 Å². The second kappa shape index (κ2) is 63.7. The van der Waals surface area contributed by atoms with Crippen LogP contribution < -0.4 is 10.5 Å². The van der Waals surface area contributed by atoms with Crippen molar-refractivity contribution in [2.45, 2.75) is 88.6 Å². The van der Waals surface area contributed by atoms with Crippen LogP contribution in [-0.4, -0.2) is 164 Å². The van der Waals surface area contributed by atoms with Gasteiger partial charge >= 0.3 is 6.09 Å². The number of carbonyl (C=O) groups excluding carboxylic acids is 1. The standard InChI is InChI=1S/C22H32ClN3O4S.C18H28ClN3O2S.4C12H10.C6H8Si.4C6H5.Pd/c1-4-13-30-22(27)24-11-9-20(10-12-24)25-15-17(2)26(31(3,28)29)16-21(25)14-18-5-7-19(23)8-6-18;1-14-12-21(17-7-9-20-10-8-17)18(13-22(14)25(2,23)24)11-15-3-5-16(19)6-4-15;4*1-3-7-11(8-4-1)12-9-5-2-6-10-12;7-6-4-2-1-3-5-6;4*1-2-4-6-5-3-1;/h4-8,17,20-21H,1,9-16H2,2-3H3;3-6,14,17-18,20H,7-13H2,1-2H3;4*1-10H;1-5H,7H3;4*1-5H;/q;;;;;;;4*-1;/t17-,21?;14-,18?;;;;;;;;;;/m00........../s1. The number of likely N-dealkylation sites (tertiary alicyclic amines) is 1. The summed E-state index contributed by atoms with van der Waals surface area (Å²) in [6.45, 7) is 13.6. The first-order valence-electron chi connectivity index (χ1n) is 46.0. The normalized spacial score (nSPS) is 15.9. The van der Waals surface area contributed by atoms with Crippen molar-refractivity contribution in [3.63, 3.8) is 0 Å². The Kier molecular flexibility index (Phi) is 51.4. The fraction of sp³-hybridized carbons (Fsp3) is 0.212. The van der Waals surface area contributed by atoms with Crippen molar-refractivity contribution in [1.82, 2.24) is 28.6 Å². The van der Waals surface area contributed by atoms with E-state index in [1.807, 2.05) is 238 Å². The number of benzene rings is 15. The molecule has 0 spiro atoms. The van der Waals surface area contributed by atoms with E-state index in [0.717, 1.165) is 68.7 Å². The van der Waals surface area contributed by atoms with Crippen LogP contribution in [0.1, 0.15) is 50.7 Å². The number of sulfonamides is 2. The molecular formula is C118H128Cl2N6O6PdS2Si-4. The van der Waals surface area contributed by atoms with E-state index in [9.17, 15) is 21.6 Å². The van der Waals surface area contributed by atoms with Gasteiger partial charge in [-0.1, -0.05) is 338 Å². The predicted molar refractivity (Wildman–Crippen MR) is 570 cm³/mol. The molecule has 0 bridgehead atoms. The molecule has 4 saturated heterocycles. The van der Waals surface area contributed by atoms with Crippen LogP contribution in [0.5, 0.6) is 0 Å². The summed E-state index contributed by atoms with van der Waals surface area (Å²) in [5.74, 6) is 0. The van der Waals surface area contributed by atoms with Crippen LogP contribution in [0.3, 0.4) is 0 Å². The molecule has 4 aliphatic heterocycles. The van der Waals surface area contributed by atoms with Crippen molar-refractivity contribution < 1.29 is 46.8 Å². The minimum absolute atomic E-state index is 0. The Labute approximate surface area is 838 Å². The van der Waals surface area contributed by atoms with Gasteiger partial charge in [0.2, 0.25) is 20.0 Å². The molecule has 12 nitrogen and oxygen atoms in total. The van der Waals surface area contributed by atoms with Gasteiger partial charge in [0.25, 0.3) is 0 Å². The molecule has 4 heterocycles. The molecule has 15 aromatic carbocycles. The van der Waals surface area contributed by atoms with Crippen LogP contribution in [-0.2, 0) is 58.0 Å². The van der Waals surface area contributed by atoms with Crippen molar-refractivity contribution in [2.24, 2.45) is 0 Å². The molecule has 0 aromatic heterocycles. The summed E-state index contributed by atoms with van der Waals surface area (Å²) in [5, 5.41) is 6.30. The van der Waals surface area contributed by atoms with Crippen molar-refractivity contribution in [1.29, 1.82) is 0 Å². The largest absolute Gasteiger partial charge is 0.445 e. The summed E-state index contributed by atoms with van der Waals surface area (Å²) in [7, 11) is -5.30. The number of piperazine rings is 2. The van der Waals surface area contributed by atoms with Crippen molar-refractivity contribution >= 4 is 64.8 Å². The quantitative estimate of drug-likeness (QED) is 0.0644. The third-order valence-electron chi connectivity index (χ3n) is 22.5. The summed E-state index contributed by atoms with van der Waals surface area (Å²) >= 11 is 12.0. The van der Waals surface area contributed by atoms with E-state index in [2.05, 4.69) is 264 Å². The second-order valence-electron chi connectivity index (χ2n) is 32.7. The van der Waals surface area contributed by atoms with E-state index in [1.165, 1.54) is 78.0 Å². The summed E-state index contributed by atoms with van der Waals surface area (Å²) < 4.78 is 57.6. The SMILES string of the molecule is C=CCOC(=O)N1CCC(N2C[C@H](C)N(S(C)(=O)=O)CC2Cc2ccc(Cl)cc2)CC1.C[C@H]1CN(C2CCNCC2)C(Cc2ccc(Cl)cc2)CN1S(C)(=O)=O.[Pd].[SiH3]c1ccccc1.[c-]1ccccc1.[c-]1ccccc1.[c-]1ccccc1.[c-]1ccccc1.c1ccc(-c2ccccc2)cc1.c1ccc(-c2ccccc2)cc1.c1ccc(-c2ccccc2)cc1.c1ccc(-c2ccccc2)cc1. The van der Waals surface area contributed by atoms with E-state index < -0.39 is 20.0 Å². The predicted octanol–water partition coefficient (Wildman–Crippen LogP) is 24.0. The Morgan fingerprint density at radius 2 is 0.603 bits per heavy atom. The third kappa shape index (κ3) is 42.4. The smallest absolute Gasteiger partial charge is 0.410 e. The number of piperidine rings is 2. The van der Waals surface area contributed by atoms with Gasteiger partial charge in [-0.05, 0) is 145 Å². The Morgan fingerprint density at radius 3 is 0.809 bits per heavy atom. The van der Waals surface area contributed by atoms with Crippen molar-refractivity contribution in [3.05, 3.63) is 501 Å².